The van der Waals surface area contributed by atoms with Crippen molar-refractivity contribution < 1.29 is 9.18 Å². The van der Waals surface area contributed by atoms with Crippen LogP contribution in [-0.4, -0.2) is 59.5 Å². The van der Waals surface area contributed by atoms with Crippen LogP contribution in [0.2, 0.25) is 0 Å². The summed E-state index contributed by atoms with van der Waals surface area (Å²) in [7, 11) is 3.81. The topological polar surface area (TPSA) is 74.2 Å². The van der Waals surface area contributed by atoms with Gasteiger partial charge >= 0.3 is 0 Å². The van der Waals surface area contributed by atoms with E-state index in [1.54, 1.807) is 18.5 Å². The summed E-state index contributed by atoms with van der Waals surface area (Å²) in [4.78, 5) is 30.1. The fourth-order valence-corrected chi connectivity index (χ4v) is 4.16. The molecule has 1 saturated heterocycles. The van der Waals surface area contributed by atoms with Gasteiger partial charge < -0.3 is 10.2 Å². The van der Waals surface area contributed by atoms with Crippen LogP contribution in [0.15, 0.2) is 54.9 Å². The van der Waals surface area contributed by atoms with Crippen molar-refractivity contribution in [2.45, 2.75) is 25.3 Å². The highest BCUT2D eigenvalue weighted by molar-refractivity contribution is 5.78. The summed E-state index contributed by atoms with van der Waals surface area (Å²) in [5, 5.41) is 2.95. The van der Waals surface area contributed by atoms with Crippen LogP contribution in [-0.2, 0) is 11.3 Å². The van der Waals surface area contributed by atoms with Crippen molar-refractivity contribution in [1.82, 2.24) is 25.2 Å². The minimum Gasteiger partial charge on any atom is -0.349 e. The Morgan fingerprint density at radius 2 is 2.09 bits per heavy atom. The van der Waals surface area contributed by atoms with E-state index in [2.05, 4.69) is 20.2 Å². The molecule has 33 heavy (non-hydrogen) atoms. The predicted molar refractivity (Wildman–Crippen MR) is 126 cm³/mol. The second-order valence-corrected chi connectivity index (χ2v) is 8.55. The van der Waals surface area contributed by atoms with Crippen molar-refractivity contribution in [3.63, 3.8) is 0 Å². The number of rotatable bonds is 7. The molecule has 1 aliphatic rings. The highest BCUT2D eigenvalue weighted by Gasteiger charge is 2.27. The van der Waals surface area contributed by atoms with Crippen molar-refractivity contribution in [2.24, 2.45) is 0 Å². The molecule has 1 atom stereocenters. The van der Waals surface area contributed by atoms with Crippen molar-refractivity contribution in [3.8, 4) is 11.1 Å². The largest absolute Gasteiger partial charge is 0.349 e. The quantitative estimate of drug-likeness (QED) is 0.598. The lowest BCUT2D eigenvalue weighted by Gasteiger charge is -2.33. The van der Waals surface area contributed by atoms with Gasteiger partial charge in [-0.2, -0.15) is 0 Å². The van der Waals surface area contributed by atoms with Crippen LogP contribution in [0.4, 0.5) is 10.3 Å². The Morgan fingerprint density at radius 1 is 1.21 bits per heavy atom. The van der Waals surface area contributed by atoms with E-state index >= 15 is 0 Å². The number of carbonyl (C=O) groups is 1. The number of aromatic nitrogens is 3. The first kappa shape index (κ1) is 22.8. The minimum absolute atomic E-state index is 0.0247. The number of pyridine rings is 1. The Kier molecular flexibility index (Phi) is 7.24. The van der Waals surface area contributed by atoms with E-state index in [9.17, 15) is 9.18 Å². The van der Waals surface area contributed by atoms with E-state index in [1.807, 2.05) is 43.3 Å². The third kappa shape index (κ3) is 5.90. The molecule has 7 nitrogen and oxygen atoms in total. The average Bonchev–Trinajstić information content (AvgIpc) is 2.83. The van der Waals surface area contributed by atoms with Gasteiger partial charge in [0.15, 0.2) is 0 Å². The monoisotopic (exact) mass is 448 g/mol. The maximum Gasteiger partial charge on any atom is 0.234 e. The number of anilines is 1. The summed E-state index contributed by atoms with van der Waals surface area (Å²) < 4.78 is 13.9. The molecule has 0 saturated carbocycles. The van der Waals surface area contributed by atoms with Gasteiger partial charge in [0.1, 0.15) is 5.82 Å². The van der Waals surface area contributed by atoms with Gasteiger partial charge in [-0.3, -0.25) is 14.7 Å². The van der Waals surface area contributed by atoms with E-state index in [0.29, 0.717) is 25.6 Å². The number of hydrogen-bond acceptors (Lipinski definition) is 6. The number of likely N-dealkylation sites (tertiary alicyclic amines) is 1. The molecule has 0 spiro atoms. The van der Waals surface area contributed by atoms with E-state index in [-0.39, 0.29) is 17.6 Å². The predicted octanol–water partition coefficient (Wildman–Crippen LogP) is 3.24. The molecule has 1 unspecified atom stereocenters. The normalized spacial score (nSPS) is 16.4. The van der Waals surface area contributed by atoms with E-state index < -0.39 is 0 Å². The number of carbonyl (C=O) groups excluding carboxylic acids is 1. The zero-order valence-electron chi connectivity index (χ0n) is 19.0. The second-order valence-electron chi connectivity index (χ2n) is 8.55. The molecule has 1 aromatic carbocycles. The molecule has 8 heteroatoms. The summed E-state index contributed by atoms with van der Waals surface area (Å²) in [6, 6.07) is 12.2. The van der Waals surface area contributed by atoms with Gasteiger partial charge in [0.25, 0.3) is 0 Å². The zero-order chi connectivity index (χ0) is 23.2. The number of hydrogen-bond donors (Lipinski definition) is 1. The van der Waals surface area contributed by atoms with Gasteiger partial charge in [0.2, 0.25) is 11.9 Å². The first-order valence-electron chi connectivity index (χ1n) is 11.2. The molecule has 1 aliphatic heterocycles. The van der Waals surface area contributed by atoms with Gasteiger partial charge in [-0.15, -0.1) is 0 Å². The Balaban J connectivity index is 1.49. The zero-order valence-corrected chi connectivity index (χ0v) is 19.0. The van der Waals surface area contributed by atoms with Crippen LogP contribution < -0.4 is 10.2 Å². The third-order valence-electron chi connectivity index (χ3n) is 5.79. The van der Waals surface area contributed by atoms with E-state index in [4.69, 9.17) is 4.98 Å². The van der Waals surface area contributed by atoms with Gasteiger partial charge in [-0.25, -0.2) is 14.4 Å². The van der Waals surface area contributed by atoms with Gasteiger partial charge in [-0.05, 0) is 49.2 Å². The molecule has 0 bridgehead atoms. The summed E-state index contributed by atoms with van der Waals surface area (Å²) in [6.45, 7) is 2.31. The first-order valence-corrected chi connectivity index (χ1v) is 11.2. The third-order valence-corrected chi connectivity index (χ3v) is 5.79. The van der Waals surface area contributed by atoms with Gasteiger partial charge in [-0.1, -0.05) is 18.2 Å². The lowest BCUT2D eigenvalue weighted by Crippen LogP contribution is -2.42. The molecule has 1 N–H and O–H groups in total. The molecule has 3 aromatic rings. The highest BCUT2D eigenvalue weighted by Crippen LogP contribution is 2.34. The van der Waals surface area contributed by atoms with Crippen LogP contribution in [0.5, 0.6) is 0 Å². The highest BCUT2D eigenvalue weighted by atomic mass is 19.1. The summed E-state index contributed by atoms with van der Waals surface area (Å²) >= 11 is 0. The minimum atomic E-state index is -0.287. The lowest BCUT2D eigenvalue weighted by atomic mass is 9.90. The van der Waals surface area contributed by atoms with Crippen molar-refractivity contribution >= 4 is 11.9 Å². The van der Waals surface area contributed by atoms with E-state index in [0.717, 1.165) is 41.9 Å². The SMILES string of the molecule is CN(C)c1ncc(-c2cccc(F)c2)c(C2CCCN(CC(=O)NCc3ccccn3)C2)n1. The lowest BCUT2D eigenvalue weighted by molar-refractivity contribution is -0.122. The number of nitrogens with zero attached hydrogens (tertiary/aromatic N) is 5. The van der Waals surface area contributed by atoms with Crippen LogP contribution in [0, 0.1) is 5.82 Å². The maximum atomic E-state index is 13.9. The molecular weight excluding hydrogens is 419 g/mol. The van der Waals surface area contributed by atoms with E-state index in [1.165, 1.54) is 12.1 Å². The molecule has 4 rings (SSSR count). The van der Waals surface area contributed by atoms with Crippen molar-refractivity contribution in [3.05, 3.63) is 72.1 Å². The molecular formula is C25H29FN6O. The van der Waals surface area contributed by atoms with Crippen molar-refractivity contribution in [2.75, 3.05) is 38.6 Å². The van der Waals surface area contributed by atoms with Crippen LogP contribution >= 0.6 is 0 Å². The molecule has 3 heterocycles. The molecule has 0 aliphatic carbocycles. The molecule has 2 aromatic heterocycles. The Bertz CT molecular complexity index is 1090. The Labute approximate surface area is 193 Å². The Morgan fingerprint density at radius 3 is 2.85 bits per heavy atom. The second kappa shape index (κ2) is 10.5. The number of halogens is 1. The standard InChI is InChI=1S/C25H29FN6O/c1-31(2)25-29-15-22(18-7-5-9-20(26)13-18)24(30-25)19-8-6-12-32(16-19)17-23(33)28-14-21-10-3-4-11-27-21/h3-5,7,9-11,13,15,19H,6,8,12,14,16-17H2,1-2H3,(H,28,33). The summed E-state index contributed by atoms with van der Waals surface area (Å²) in [5.41, 5.74) is 3.34. The molecule has 0 radical (unpaired) electrons. The smallest absolute Gasteiger partial charge is 0.234 e. The number of benzene rings is 1. The summed E-state index contributed by atoms with van der Waals surface area (Å²) in [6.07, 6.45) is 5.42. The molecule has 172 valence electrons. The van der Waals surface area contributed by atoms with Crippen LogP contribution in [0.25, 0.3) is 11.1 Å². The average molecular weight is 449 g/mol. The van der Waals surface area contributed by atoms with Crippen LogP contribution in [0.1, 0.15) is 30.1 Å². The summed E-state index contributed by atoms with van der Waals surface area (Å²) in [5.74, 6) is 0.436. The fraction of sp³-hybridized carbons (Fsp3) is 0.360. The molecule has 1 fully saturated rings. The van der Waals surface area contributed by atoms with Gasteiger partial charge in [0, 0.05) is 44.5 Å². The number of amides is 1. The fourth-order valence-electron chi connectivity index (χ4n) is 4.16. The Hall–Kier alpha value is -3.39. The maximum absolute atomic E-state index is 13.9. The first-order chi connectivity index (χ1) is 16.0. The van der Waals surface area contributed by atoms with Crippen LogP contribution in [0.3, 0.4) is 0 Å². The number of piperidine rings is 1. The van der Waals surface area contributed by atoms with Gasteiger partial charge in [0.05, 0.1) is 24.5 Å². The number of nitrogens with one attached hydrogen (secondary N) is 1. The van der Waals surface area contributed by atoms with Crippen molar-refractivity contribution in [1.29, 1.82) is 0 Å². The molecule has 1 amide bonds.